The van der Waals surface area contributed by atoms with Crippen LogP contribution in [0.2, 0.25) is 0 Å². The van der Waals surface area contributed by atoms with Crippen molar-refractivity contribution in [2.24, 2.45) is 11.8 Å². The second-order valence-corrected chi connectivity index (χ2v) is 7.68. The molecule has 2 N–H and O–H groups in total. The lowest BCUT2D eigenvalue weighted by Crippen LogP contribution is -2.36. The van der Waals surface area contributed by atoms with E-state index in [9.17, 15) is 10.2 Å². The Kier molecular flexibility index (Phi) is 4.65. The fraction of sp³-hybridized carbons (Fsp3) is 0.455. The average molecular weight is 416 g/mol. The van der Waals surface area contributed by atoms with Crippen molar-refractivity contribution in [1.29, 1.82) is 0 Å². The van der Waals surface area contributed by atoms with Gasteiger partial charge in [0.2, 0.25) is 12.5 Å². The maximum Gasteiger partial charge on any atom is 0.231 e. The van der Waals surface area contributed by atoms with Gasteiger partial charge in [0, 0.05) is 17.8 Å². The summed E-state index contributed by atoms with van der Waals surface area (Å²) < 4.78 is 33.2. The Balaban J connectivity index is 1.73. The van der Waals surface area contributed by atoms with Crippen molar-refractivity contribution < 1.29 is 38.6 Å². The summed E-state index contributed by atoms with van der Waals surface area (Å²) in [5.74, 6) is 1.85. The molecule has 30 heavy (non-hydrogen) atoms. The van der Waals surface area contributed by atoms with Gasteiger partial charge in [-0.1, -0.05) is 0 Å². The molecule has 3 aliphatic rings. The van der Waals surface area contributed by atoms with Gasteiger partial charge in [0.25, 0.3) is 0 Å². The largest absolute Gasteiger partial charge is 0.493 e. The van der Waals surface area contributed by atoms with Crippen LogP contribution in [0.4, 0.5) is 0 Å². The van der Waals surface area contributed by atoms with Gasteiger partial charge in [-0.3, -0.25) is 0 Å². The molecule has 0 saturated carbocycles. The second-order valence-electron chi connectivity index (χ2n) is 7.68. The van der Waals surface area contributed by atoms with Crippen LogP contribution in [0.5, 0.6) is 28.7 Å². The lowest BCUT2D eigenvalue weighted by atomic mass is 9.66. The number of methoxy groups -OCH3 is 3. The fourth-order valence-corrected chi connectivity index (χ4v) is 4.98. The van der Waals surface area contributed by atoms with Crippen molar-refractivity contribution in [2.45, 2.75) is 18.3 Å². The molecule has 1 saturated heterocycles. The van der Waals surface area contributed by atoms with E-state index in [-0.39, 0.29) is 31.2 Å². The molecule has 8 heteroatoms. The third-order valence-corrected chi connectivity index (χ3v) is 6.35. The molecule has 2 aliphatic heterocycles. The molecule has 8 nitrogen and oxygen atoms in total. The van der Waals surface area contributed by atoms with E-state index >= 15 is 0 Å². The van der Waals surface area contributed by atoms with Crippen molar-refractivity contribution in [3.8, 4) is 28.7 Å². The van der Waals surface area contributed by atoms with Gasteiger partial charge in [-0.25, -0.2) is 0 Å². The van der Waals surface area contributed by atoms with Crippen molar-refractivity contribution in [2.75, 3.05) is 34.7 Å². The zero-order chi connectivity index (χ0) is 21.0. The first kappa shape index (κ1) is 19.3. The molecule has 1 unspecified atom stereocenters. The molecular weight excluding hydrogens is 392 g/mol. The Bertz CT molecular complexity index is 949. The first-order valence-electron chi connectivity index (χ1n) is 9.78. The Morgan fingerprint density at radius 1 is 0.867 bits per heavy atom. The van der Waals surface area contributed by atoms with Gasteiger partial charge in [-0.15, -0.1) is 0 Å². The van der Waals surface area contributed by atoms with Crippen molar-refractivity contribution in [3.05, 3.63) is 41.0 Å². The number of ether oxygens (including phenoxy) is 6. The SMILES string of the molecule is COc1cc([C@@H]2c3cc4c(cc3[C@@H](O)[C@H]3COC(O)[C@H]23)OCO4)cc(OC)c1OC. The third-order valence-electron chi connectivity index (χ3n) is 6.35. The van der Waals surface area contributed by atoms with Gasteiger partial charge in [-0.05, 0) is 41.0 Å². The van der Waals surface area contributed by atoms with E-state index in [2.05, 4.69) is 0 Å². The van der Waals surface area contributed by atoms with Gasteiger partial charge in [0.05, 0.1) is 34.0 Å². The van der Waals surface area contributed by atoms with Crippen molar-refractivity contribution in [3.63, 3.8) is 0 Å². The van der Waals surface area contributed by atoms with Gasteiger partial charge in [-0.2, -0.15) is 0 Å². The molecule has 160 valence electrons. The molecule has 1 aliphatic carbocycles. The molecule has 0 aromatic heterocycles. The van der Waals surface area contributed by atoms with Crippen LogP contribution in [0.3, 0.4) is 0 Å². The number of fused-ring (bicyclic) bond motifs is 3. The van der Waals surface area contributed by atoms with Crippen LogP contribution in [-0.2, 0) is 4.74 Å². The smallest absolute Gasteiger partial charge is 0.231 e. The standard InChI is InChI=1S/C22H24O8/c1-25-16-4-10(5-17(26-2)21(16)27-3)18-11-6-14-15(30-9-29-14)7-12(11)20(23)13-8-28-22(24)19(13)18/h4-7,13,18-20,22-24H,8-9H2,1-3H3/t13-,18+,19-,20+,22?/m0/s1. The summed E-state index contributed by atoms with van der Waals surface area (Å²) in [5.41, 5.74) is 2.46. The summed E-state index contributed by atoms with van der Waals surface area (Å²) in [4.78, 5) is 0. The monoisotopic (exact) mass is 416 g/mol. The third kappa shape index (κ3) is 2.71. The summed E-state index contributed by atoms with van der Waals surface area (Å²) in [7, 11) is 4.68. The molecule has 0 radical (unpaired) electrons. The zero-order valence-electron chi connectivity index (χ0n) is 17.0. The minimum Gasteiger partial charge on any atom is -0.493 e. The first-order valence-corrected chi connectivity index (χ1v) is 9.78. The molecule has 2 aromatic carbocycles. The van der Waals surface area contributed by atoms with Crippen molar-refractivity contribution >= 4 is 0 Å². The summed E-state index contributed by atoms with van der Waals surface area (Å²) in [6.07, 6.45) is -1.79. The van der Waals surface area contributed by atoms with E-state index in [0.717, 1.165) is 16.7 Å². The van der Waals surface area contributed by atoms with Crippen LogP contribution >= 0.6 is 0 Å². The molecule has 1 fully saturated rings. The summed E-state index contributed by atoms with van der Waals surface area (Å²) in [6.45, 7) is 0.406. The van der Waals surface area contributed by atoms with Crippen LogP contribution in [0.1, 0.15) is 28.7 Å². The number of aliphatic hydroxyl groups excluding tert-OH is 2. The lowest BCUT2D eigenvalue weighted by molar-refractivity contribution is -0.0863. The van der Waals surface area contributed by atoms with Gasteiger partial charge < -0.3 is 38.6 Å². The number of hydrogen-bond donors (Lipinski definition) is 2. The summed E-state index contributed by atoms with van der Waals surface area (Å²) in [6, 6.07) is 7.46. The first-order chi connectivity index (χ1) is 14.6. The van der Waals surface area contributed by atoms with E-state index in [4.69, 9.17) is 28.4 Å². The molecule has 2 aromatic rings. The Labute approximate surface area is 173 Å². The van der Waals surface area contributed by atoms with Gasteiger partial charge in [0.15, 0.2) is 29.3 Å². The Morgan fingerprint density at radius 2 is 1.50 bits per heavy atom. The van der Waals surface area contributed by atoms with E-state index < -0.39 is 12.4 Å². The van der Waals surface area contributed by atoms with Crippen LogP contribution in [0.25, 0.3) is 0 Å². The highest BCUT2D eigenvalue weighted by atomic mass is 16.7. The van der Waals surface area contributed by atoms with E-state index in [0.29, 0.717) is 28.7 Å². The Hall–Kier alpha value is -2.68. The lowest BCUT2D eigenvalue weighted by Gasteiger charge is -2.39. The highest BCUT2D eigenvalue weighted by Gasteiger charge is 2.51. The zero-order valence-corrected chi connectivity index (χ0v) is 17.0. The minimum absolute atomic E-state index is 0.141. The number of rotatable bonds is 4. The van der Waals surface area contributed by atoms with Gasteiger partial charge >= 0.3 is 0 Å². The van der Waals surface area contributed by atoms with Crippen molar-refractivity contribution in [1.82, 2.24) is 0 Å². The van der Waals surface area contributed by atoms with E-state index in [1.807, 2.05) is 24.3 Å². The minimum atomic E-state index is -1.01. The predicted molar refractivity (Wildman–Crippen MR) is 104 cm³/mol. The second kappa shape index (κ2) is 7.23. The normalized spacial score (nSPS) is 28.6. The van der Waals surface area contributed by atoms with Crippen LogP contribution in [-0.4, -0.2) is 51.2 Å². The van der Waals surface area contributed by atoms with Gasteiger partial charge in [0.1, 0.15) is 0 Å². The molecule has 0 amide bonds. The number of hydrogen-bond acceptors (Lipinski definition) is 8. The van der Waals surface area contributed by atoms with Crippen LogP contribution < -0.4 is 23.7 Å². The topological polar surface area (TPSA) is 95.8 Å². The summed E-state index contributed by atoms with van der Waals surface area (Å²) >= 11 is 0. The van der Waals surface area contributed by atoms with Crippen LogP contribution in [0, 0.1) is 11.8 Å². The van der Waals surface area contributed by atoms with Crippen LogP contribution in [0.15, 0.2) is 24.3 Å². The molecule has 0 bridgehead atoms. The summed E-state index contributed by atoms with van der Waals surface area (Å²) in [5, 5.41) is 21.7. The average Bonchev–Trinajstić information content (AvgIpc) is 3.38. The molecule has 0 spiro atoms. The maximum atomic E-state index is 11.1. The van der Waals surface area contributed by atoms with E-state index in [1.165, 1.54) is 0 Å². The fourth-order valence-electron chi connectivity index (χ4n) is 4.98. The number of benzene rings is 2. The molecule has 2 heterocycles. The highest BCUT2D eigenvalue weighted by molar-refractivity contribution is 5.59. The Morgan fingerprint density at radius 3 is 2.10 bits per heavy atom. The quantitative estimate of drug-likeness (QED) is 0.783. The number of aliphatic hydroxyl groups is 2. The highest BCUT2D eigenvalue weighted by Crippen LogP contribution is 2.56. The molecular formula is C22H24O8. The predicted octanol–water partition coefficient (Wildman–Crippen LogP) is 2.20. The van der Waals surface area contributed by atoms with E-state index in [1.54, 1.807) is 21.3 Å². The molecule has 5 rings (SSSR count). The maximum absolute atomic E-state index is 11.1. The molecule has 5 atom stereocenters.